The molecule has 3 rings (SSSR count). The van der Waals surface area contributed by atoms with Crippen LogP contribution in [0.15, 0.2) is 11.4 Å². The predicted octanol–water partition coefficient (Wildman–Crippen LogP) is 4.13. The maximum Gasteiger partial charge on any atom is 0.393 e. The Kier molecular flexibility index (Phi) is 7.03. The SMILES string of the molecule is CC1CCC(NC(NC2CCC(Cl)C(C(F)(F)F)C2)=C2C(=O)OC(C)(C)OC2=O)CC1. The van der Waals surface area contributed by atoms with E-state index in [1.54, 1.807) is 0 Å². The molecule has 3 unspecified atom stereocenters. The zero-order chi connectivity index (χ0) is 23.0. The Balaban J connectivity index is 1.84. The van der Waals surface area contributed by atoms with E-state index in [2.05, 4.69) is 17.6 Å². The Morgan fingerprint density at radius 3 is 2.03 bits per heavy atom. The smallest absolute Gasteiger partial charge is 0.393 e. The lowest BCUT2D eigenvalue weighted by atomic mass is 9.84. The summed E-state index contributed by atoms with van der Waals surface area (Å²) >= 11 is 5.94. The van der Waals surface area contributed by atoms with Crippen LogP contribution in [0.4, 0.5) is 13.2 Å². The van der Waals surface area contributed by atoms with E-state index in [1.807, 2.05) is 0 Å². The van der Waals surface area contributed by atoms with Gasteiger partial charge in [0.25, 0.3) is 5.79 Å². The number of nitrogens with one attached hydrogen (secondary N) is 2. The van der Waals surface area contributed by atoms with Gasteiger partial charge in [-0.15, -0.1) is 11.6 Å². The third kappa shape index (κ3) is 5.99. The minimum Gasteiger partial charge on any atom is -0.419 e. The van der Waals surface area contributed by atoms with E-state index in [4.69, 9.17) is 21.1 Å². The third-order valence-corrected chi connectivity index (χ3v) is 6.76. The first kappa shape index (κ1) is 24.0. The molecule has 1 aliphatic heterocycles. The number of hydrogen-bond acceptors (Lipinski definition) is 6. The van der Waals surface area contributed by atoms with Gasteiger partial charge >= 0.3 is 18.1 Å². The highest BCUT2D eigenvalue weighted by Gasteiger charge is 2.48. The Morgan fingerprint density at radius 2 is 1.48 bits per heavy atom. The molecule has 0 aromatic rings. The summed E-state index contributed by atoms with van der Waals surface area (Å²) in [4.78, 5) is 25.2. The zero-order valence-corrected chi connectivity index (χ0v) is 18.7. The van der Waals surface area contributed by atoms with Crippen LogP contribution >= 0.6 is 11.6 Å². The Morgan fingerprint density at radius 1 is 0.968 bits per heavy atom. The molecule has 6 nitrogen and oxygen atoms in total. The van der Waals surface area contributed by atoms with Crippen molar-refractivity contribution in [2.45, 2.75) is 95.1 Å². The predicted molar refractivity (Wildman–Crippen MR) is 108 cm³/mol. The number of hydrogen-bond donors (Lipinski definition) is 2. The van der Waals surface area contributed by atoms with Crippen molar-refractivity contribution in [1.82, 2.24) is 10.6 Å². The van der Waals surface area contributed by atoms with E-state index in [1.165, 1.54) is 13.8 Å². The summed E-state index contributed by atoms with van der Waals surface area (Å²) in [7, 11) is 0. The lowest BCUT2D eigenvalue weighted by molar-refractivity contribution is -0.222. The summed E-state index contributed by atoms with van der Waals surface area (Å²) in [6.45, 7) is 5.05. The van der Waals surface area contributed by atoms with E-state index in [0.29, 0.717) is 12.3 Å². The molecule has 1 saturated heterocycles. The van der Waals surface area contributed by atoms with Gasteiger partial charge in [0.1, 0.15) is 5.82 Å². The van der Waals surface area contributed by atoms with Crippen LogP contribution in [0, 0.1) is 11.8 Å². The maximum atomic E-state index is 13.4. The zero-order valence-electron chi connectivity index (χ0n) is 18.0. The summed E-state index contributed by atoms with van der Waals surface area (Å²) in [6, 6.07) is -0.612. The second-order valence-corrected chi connectivity index (χ2v) is 9.91. The molecule has 2 N–H and O–H groups in total. The molecular weight excluding hydrogens is 437 g/mol. The second kappa shape index (κ2) is 9.08. The normalized spacial score (nSPS) is 33.9. The quantitative estimate of drug-likeness (QED) is 0.281. The monoisotopic (exact) mass is 466 g/mol. The van der Waals surface area contributed by atoms with E-state index >= 15 is 0 Å². The van der Waals surface area contributed by atoms with Gasteiger partial charge in [-0.1, -0.05) is 6.92 Å². The number of ether oxygens (including phenoxy) is 2. The number of carbonyl (C=O) groups excluding carboxylic acids is 2. The van der Waals surface area contributed by atoms with E-state index in [9.17, 15) is 22.8 Å². The van der Waals surface area contributed by atoms with Gasteiger partial charge in [-0.05, 0) is 50.9 Å². The minimum absolute atomic E-state index is 0.00971. The molecule has 3 aliphatic rings. The van der Waals surface area contributed by atoms with E-state index in [0.717, 1.165) is 25.7 Å². The van der Waals surface area contributed by atoms with Gasteiger partial charge < -0.3 is 20.1 Å². The minimum atomic E-state index is -4.42. The average Bonchev–Trinajstić information content (AvgIpc) is 2.62. The van der Waals surface area contributed by atoms with Crippen LogP contribution < -0.4 is 10.6 Å². The Labute approximate surface area is 185 Å². The molecule has 0 spiro atoms. The van der Waals surface area contributed by atoms with E-state index in [-0.39, 0.29) is 30.3 Å². The van der Waals surface area contributed by atoms with Crippen molar-refractivity contribution in [1.29, 1.82) is 0 Å². The largest absolute Gasteiger partial charge is 0.419 e. The molecule has 10 heteroatoms. The summed E-state index contributed by atoms with van der Waals surface area (Å²) in [6.07, 6.45) is -0.479. The number of alkyl halides is 4. The molecular formula is C21H30ClF3N2O4. The van der Waals surface area contributed by atoms with Crippen molar-refractivity contribution in [2.24, 2.45) is 11.8 Å². The Bertz CT molecular complexity index is 711. The molecule has 0 bridgehead atoms. The van der Waals surface area contributed by atoms with Gasteiger partial charge in [0.05, 0.1) is 5.92 Å². The number of cyclic esters (lactones) is 2. The molecule has 0 radical (unpaired) electrons. The number of halogens is 4. The molecule has 2 saturated carbocycles. The fourth-order valence-electron chi connectivity index (χ4n) is 4.46. The van der Waals surface area contributed by atoms with Crippen molar-refractivity contribution in [2.75, 3.05) is 0 Å². The summed E-state index contributed by atoms with van der Waals surface area (Å²) in [5, 5.41) is 5.21. The first-order valence-electron chi connectivity index (χ1n) is 10.8. The average molecular weight is 467 g/mol. The number of rotatable bonds is 4. The second-order valence-electron chi connectivity index (χ2n) is 9.35. The van der Waals surface area contributed by atoms with Crippen LogP contribution in [0.1, 0.15) is 65.7 Å². The summed E-state index contributed by atoms with van der Waals surface area (Å²) in [5.74, 6) is -4.12. The molecule has 0 aromatic heterocycles. The maximum absolute atomic E-state index is 13.4. The van der Waals surface area contributed by atoms with Gasteiger partial charge in [0.15, 0.2) is 5.57 Å². The van der Waals surface area contributed by atoms with Gasteiger partial charge in [-0.3, -0.25) is 0 Å². The lowest BCUT2D eigenvalue weighted by Gasteiger charge is -2.38. The summed E-state index contributed by atoms with van der Waals surface area (Å²) in [5.41, 5.74) is -0.338. The topological polar surface area (TPSA) is 76.7 Å². The molecule has 1 heterocycles. The highest BCUT2D eigenvalue weighted by Crippen LogP contribution is 2.40. The fraction of sp³-hybridized carbons (Fsp3) is 0.810. The van der Waals surface area contributed by atoms with Crippen LogP contribution in [0.5, 0.6) is 0 Å². The van der Waals surface area contributed by atoms with E-state index < -0.39 is 41.2 Å². The molecule has 3 atom stereocenters. The van der Waals surface area contributed by atoms with Crippen LogP contribution in [-0.2, 0) is 19.1 Å². The van der Waals surface area contributed by atoms with Crippen molar-refractivity contribution in [3.8, 4) is 0 Å². The van der Waals surface area contributed by atoms with Crippen LogP contribution in [0.25, 0.3) is 0 Å². The van der Waals surface area contributed by atoms with Gasteiger partial charge in [0, 0.05) is 31.3 Å². The number of esters is 2. The van der Waals surface area contributed by atoms with Crippen LogP contribution in [0.3, 0.4) is 0 Å². The van der Waals surface area contributed by atoms with Gasteiger partial charge in [0.2, 0.25) is 0 Å². The molecule has 176 valence electrons. The molecule has 2 aliphatic carbocycles. The molecule has 0 aromatic carbocycles. The van der Waals surface area contributed by atoms with Crippen molar-refractivity contribution < 1.29 is 32.2 Å². The summed E-state index contributed by atoms with van der Waals surface area (Å²) < 4.78 is 50.6. The Hall–Kier alpha value is -1.64. The lowest BCUT2D eigenvalue weighted by Crippen LogP contribution is -2.50. The highest BCUT2D eigenvalue weighted by molar-refractivity contribution is 6.20. The number of carbonyl (C=O) groups is 2. The highest BCUT2D eigenvalue weighted by atomic mass is 35.5. The van der Waals surface area contributed by atoms with Gasteiger partial charge in [-0.2, -0.15) is 13.2 Å². The van der Waals surface area contributed by atoms with Crippen molar-refractivity contribution in [3.05, 3.63) is 11.4 Å². The van der Waals surface area contributed by atoms with Gasteiger partial charge in [-0.25, -0.2) is 9.59 Å². The molecule has 31 heavy (non-hydrogen) atoms. The van der Waals surface area contributed by atoms with Crippen LogP contribution in [0.2, 0.25) is 0 Å². The molecule has 3 fully saturated rings. The third-order valence-electron chi connectivity index (χ3n) is 6.23. The van der Waals surface area contributed by atoms with Crippen molar-refractivity contribution in [3.63, 3.8) is 0 Å². The standard InChI is InChI=1S/C21H30ClF3N2O4/c1-11-4-6-12(7-5-11)26-17(16-18(28)30-20(2,3)31-19(16)29)27-13-8-9-15(22)14(10-13)21(23,24)25/h11-15,26-27H,4-10H2,1-3H3. The molecule has 0 amide bonds. The van der Waals surface area contributed by atoms with Crippen LogP contribution in [-0.4, -0.2) is 41.4 Å². The first-order valence-corrected chi connectivity index (χ1v) is 11.2. The first-order chi connectivity index (χ1) is 14.4. The fourth-order valence-corrected chi connectivity index (χ4v) is 4.83. The van der Waals surface area contributed by atoms with Crippen molar-refractivity contribution >= 4 is 23.5 Å².